The Bertz CT molecular complexity index is 420. The van der Waals surface area contributed by atoms with E-state index >= 15 is 0 Å². The Kier molecular flexibility index (Phi) is 3.71. The van der Waals surface area contributed by atoms with Gasteiger partial charge in [-0.3, -0.25) is 4.79 Å². The van der Waals surface area contributed by atoms with Gasteiger partial charge >= 0.3 is 0 Å². The zero-order chi connectivity index (χ0) is 13.2. The second kappa shape index (κ2) is 5.10. The average molecular weight is 252 g/mol. The first-order chi connectivity index (χ1) is 8.51. The van der Waals surface area contributed by atoms with Crippen molar-refractivity contribution in [2.24, 2.45) is 0 Å². The molecule has 1 aromatic rings. The van der Waals surface area contributed by atoms with E-state index in [4.69, 9.17) is 4.52 Å². The van der Waals surface area contributed by atoms with Crippen molar-refractivity contribution < 1.29 is 14.4 Å². The van der Waals surface area contributed by atoms with Gasteiger partial charge in [0.15, 0.2) is 5.76 Å². The van der Waals surface area contributed by atoms with Crippen LogP contribution in [0.4, 0.5) is 0 Å². The molecule has 100 valence electrons. The molecule has 0 aliphatic heterocycles. The van der Waals surface area contributed by atoms with E-state index in [-0.39, 0.29) is 12.5 Å². The molecule has 0 spiro atoms. The Morgan fingerprint density at radius 2 is 2.22 bits per heavy atom. The summed E-state index contributed by atoms with van der Waals surface area (Å²) in [5.74, 6) is 0.619. The lowest BCUT2D eigenvalue weighted by atomic mass is 10.0. The lowest BCUT2D eigenvalue weighted by molar-refractivity contribution is -0.139. The van der Waals surface area contributed by atoms with E-state index in [0.717, 1.165) is 18.5 Å². The van der Waals surface area contributed by atoms with Crippen LogP contribution in [0.2, 0.25) is 0 Å². The van der Waals surface area contributed by atoms with E-state index in [1.165, 1.54) is 0 Å². The predicted octanol–water partition coefficient (Wildman–Crippen LogP) is 1.72. The second-order valence-electron chi connectivity index (χ2n) is 5.29. The maximum atomic E-state index is 11.9. The van der Waals surface area contributed by atoms with E-state index in [1.54, 1.807) is 0 Å². The summed E-state index contributed by atoms with van der Waals surface area (Å²) < 4.78 is 5.13. The fraction of sp³-hybridized carbons (Fsp3) is 0.692. The van der Waals surface area contributed by atoms with E-state index < -0.39 is 5.60 Å². The zero-order valence-electron chi connectivity index (χ0n) is 10.9. The summed E-state index contributed by atoms with van der Waals surface area (Å²) in [6.45, 7) is 4.34. The molecule has 2 N–H and O–H groups in total. The Morgan fingerprint density at radius 3 is 2.78 bits per heavy atom. The smallest absolute Gasteiger partial charge is 0.252 e. The molecular weight excluding hydrogens is 232 g/mol. The normalized spacial score (nSPS) is 18.2. The minimum absolute atomic E-state index is 0.279. The van der Waals surface area contributed by atoms with E-state index in [9.17, 15) is 9.90 Å². The summed E-state index contributed by atoms with van der Waals surface area (Å²) in [6, 6.07) is 1.84. The summed E-state index contributed by atoms with van der Waals surface area (Å²) in [7, 11) is 0. The first-order valence-corrected chi connectivity index (χ1v) is 6.47. The van der Waals surface area contributed by atoms with Crippen LogP contribution >= 0.6 is 0 Å². The maximum absolute atomic E-state index is 11.9. The van der Waals surface area contributed by atoms with Crippen LogP contribution in [0.25, 0.3) is 0 Å². The number of aromatic nitrogens is 1. The molecule has 0 aromatic carbocycles. The van der Waals surface area contributed by atoms with Crippen molar-refractivity contribution in [2.75, 3.05) is 0 Å². The van der Waals surface area contributed by atoms with Gasteiger partial charge in [0.25, 0.3) is 5.91 Å². The van der Waals surface area contributed by atoms with Gasteiger partial charge in [0.2, 0.25) is 0 Å². The number of carbonyl (C=O) groups excluding carboxylic acids is 1. The van der Waals surface area contributed by atoms with Crippen LogP contribution in [0.1, 0.15) is 56.9 Å². The quantitative estimate of drug-likeness (QED) is 0.855. The minimum atomic E-state index is -1.18. The van der Waals surface area contributed by atoms with Gasteiger partial charge in [0, 0.05) is 6.07 Å². The summed E-state index contributed by atoms with van der Waals surface area (Å²) in [5, 5.41) is 16.7. The largest absolute Gasteiger partial charge is 0.380 e. The molecular formula is C13H20N2O3. The Hall–Kier alpha value is -1.36. The number of nitrogens with zero attached hydrogens (tertiary/aromatic N) is 1. The number of nitrogens with one attached hydrogen (secondary N) is 1. The summed E-state index contributed by atoms with van der Waals surface area (Å²) in [6.07, 6.45) is 2.91. The van der Waals surface area contributed by atoms with Crippen LogP contribution in [-0.4, -0.2) is 21.8 Å². The zero-order valence-corrected chi connectivity index (χ0v) is 10.9. The van der Waals surface area contributed by atoms with Gasteiger partial charge in [0.1, 0.15) is 5.60 Å². The third-order valence-corrected chi connectivity index (χ3v) is 3.45. The van der Waals surface area contributed by atoms with Gasteiger partial charge < -0.3 is 14.9 Å². The highest BCUT2D eigenvalue weighted by atomic mass is 16.5. The molecule has 1 amide bonds. The van der Waals surface area contributed by atoms with Crippen molar-refractivity contribution >= 4 is 5.91 Å². The second-order valence-corrected chi connectivity index (χ2v) is 5.29. The first-order valence-electron chi connectivity index (χ1n) is 6.47. The molecule has 5 heteroatoms. The molecule has 1 fully saturated rings. The highest BCUT2D eigenvalue weighted by Crippen LogP contribution is 2.29. The lowest BCUT2D eigenvalue weighted by Gasteiger charge is -2.20. The molecule has 0 saturated heterocycles. The molecule has 5 nitrogen and oxygen atoms in total. The van der Waals surface area contributed by atoms with Gasteiger partial charge in [-0.1, -0.05) is 19.0 Å². The molecule has 0 radical (unpaired) electrons. The fourth-order valence-electron chi connectivity index (χ4n) is 2.20. The topological polar surface area (TPSA) is 75.4 Å². The third kappa shape index (κ3) is 2.72. The molecule has 2 rings (SSSR count). The molecule has 18 heavy (non-hydrogen) atoms. The predicted molar refractivity (Wildman–Crippen MR) is 65.9 cm³/mol. The fourth-order valence-corrected chi connectivity index (χ4v) is 2.20. The molecule has 0 atom stereocenters. The van der Waals surface area contributed by atoms with Crippen molar-refractivity contribution in [2.45, 2.75) is 57.6 Å². The number of carbonyl (C=O) groups is 1. The van der Waals surface area contributed by atoms with Gasteiger partial charge in [-0.2, -0.15) is 0 Å². The molecule has 0 bridgehead atoms. The minimum Gasteiger partial charge on any atom is -0.380 e. The van der Waals surface area contributed by atoms with Crippen LogP contribution in [0.5, 0.6) is 0 Å². The molecule has 1 aliphatic carbocycles. The molecule has 0 unspecified atom stereocenters. The van der Waals surface area contributed by atoms with Crippen LogP contribution in [0.15, 0.2) is 10.6 Å². The SMILES string of the molecule is CC(C)c1cc(CNC(=O)C2(O)CCCC2)on1. The van der Waals surface area contributed by atoms with Gasteiger partial charge in [-0.25, -0.2) is 0 Å². The monoisotopic (exact) mass is 252 g/mol. The number of hydrogen-bond donors (Lipinski definition) is 2. The number of hydrogen-bond acceptors (Lipinski definition) is 4. The Balaban J connectivity index is 1.89. The number of rotatable bonds is 4. The van der Waals surface area contributed by atoms with Gasteiger partial charge in [0.05, 0.1) is 12.2 Å². The lowest BCUT2D eigenvalue weighted by Crippen LogP contribution is -2.44. The van der Waals surface area contributed by atoms with Crippen molar-refractivity contribution in [1.82, 2.24) is 10.5 Å². The van der Waals surface area contributed by atoms with Crippen molar-refractivity contribution in [1.29, 1.82) is 0 Å². The van der Waals surface area contributed by atoms with Gasteiger partial charge in [-0.15, -0.1) is 0 Å². The maximum Gasteiger partial charge on any atom is 0.252 e. The van der Waals surface area contributed by atoms with E-state index in [1.807, 2.05) is 19.9 Å². The van der Waals surface area contributed by atoms with Gasteiger partial charge in [-0.05, 0) is 31.6 Å². The third-order valence-electron chi connectivity index (χ3n) is 3.45. The van der Waals surface area contributed by atoms with Crippen LogP contribution in [-0.2, 0) is 11.3 Å². The molecule has 1 saturated carbocycles. The Labute approximate surface area is 107 Å². The summed E-state index contributed by atoms with van der Waals surface area (Å²) in [5.41, 5.74) is -0.306. The highest BCUT2D eigenvalue weighted by Gasteiger charge is 2.38. The Morgan fingerprint density at radius 1 is 1.56 bits per heavy atom. The van der Waals surface area contributed by atoms with E-state index in [0.29, 0.717) is 24.5 Å². The summed E-state index contributed by atoms with van der Waals surface area (Å²) in [4.78, 5) is 11.9. The van der Waals surface area contributed by atoms with Crippen molar-refractivity contribution in [3.63, 3.8) is 0 Å². The van der Waals surface area contributed by atoms with Crippen LogP contribution in [0.3, 0.4) is 0 Å². The highest BCUT2D eigenvalue weighted by molar-refractivity contribution is 5.85. The first kappa shape index (κ1) is 13.1. The molecule has 1 aromatic heterocycles. The summed E-state index contributed by atoms with van der Waals surface area (Å²) >= 11 is 0. The van der Waals surface area contributed by atoms with E-state index in [2.05, 4.69) is 10.5 Å². The van der Waals surface area contributed by atoms with Crippen molar-refractivity contribution in [3.8, 4) is 0 Å². The molecule has 1 heterocycles. The van der Waals surface area contributed by atoms with Crippen LogP contribution in [0, 0.1) is 0 Å². The van der Waals surface area contributed by atoms with Crippen molar-refractivity contribution in [3.05, 3.63) is 17.5 Å². The number of amides is 1. The standard InChI is InChI=1S/C13H20N2O3/c1-9(2)11-7-10(18-15-11)8-14-12(16)13(17)5-3-4-6-13/h7,9,17H,3-6,8H2,1-2H3,(H,14,16). The average Bonchev–Trinajstić information content (AvgIpc) is 2.95. The number of aliphatic hydroxyl groups is 1. The van der Waals surface area contributed by atoms with Crippen LogP contribution < -0.4 is 5.32 Å². The molecule has 1 aliphatic rings.